The van der Waals surface area contributed by atoms with Crippen LogP contribution in [-0.2, 0) is 0 Å². The highest BCUT2D eigenvalue weighted by atomic mass is 32.1. The molecule has 0 saturated carbocycles. The van der Waals surface area contributed by atoms with Crippen LogP contribution >= 0.6 is 11.3 Å². The zero-order valence-corrected chi connectivity index (χ0v) is 12.1. The predicted molar refractivity (Wildman–Crippen MR) is 78.7 cm³/mol. The third kappa shape index (κ3) is 2.71. The van der Waals surface area contributed by atoms with Crippen LogP contribution in [0.5, 0.6) is 0 Å². The Balaban J connectivity index is 1.78. The lowest BCUT2D eigenvalue weighted by molar-refractivity contribution is 0.0704. The molecule has 0 unspecified atom stereocenters. The van der Waals surface area contributed by atoms with Crippen LogP contribution in [0.3, 0.4) is 0 Å². The Morgan fingerprint density at radius 2 is 2.40 bits per heavy atom. The molecule has 0 aromatic carbocycles. The van der Waals surface area contributed by atoms with E-state index in [1.165, 1.54) is 11.3 Å². The summed E-state index contributed by atoms with van der Waals surface area (Å²) in [5, 5.41) is 5.94. The third-order valence-corrected chi connectivity index (χ3v) is 4.13. The zero-order valence-electron chi connectivity index (χ0n) is 11.2. The number of carbonyl (C=O) groups excluding carboxylic acids is 1. The molecular weight excluding hydrogens is 272 g/mol. The second-order valence-corrected chi connectivity index (χ2v) is 5.72. The lowest BCUT2D eigenvalue weighted by Crippen LogP contribution is -2.51. The Labute approximate surface area is 121 Å². The van der Waals surface area contributed by atoms with E-state index in [0.717, 1.165) is 30.3 Å². The Hall–Kier alpha value is -1.79. The van der Waals surface area contributed by atoms with Gasteiger partial charge in [-0.05, 0) is 19.1 Å². The number of nitrogens with one attached hydrogen (secondary N) is 1. The molecule has 20 heavy (non-hydrogen) atoms. The van der Waals surface area contributed by atoms with Crippen molar-refractivity contribution in [3.05, 3.63) is 35.5 Å². The summed E-state index contributed by atoms with van der Waals surface area (Å²) in [5.74, 6) is 0.0109. The monoisotopic (exact) mass is 288 g/mol. The molecule has 2 aromatic rings. The number of pyridine rings is 1. The van der Waals surface area contributed by atoms with Gasteiger partial charge in [-0.3, -0.25) is 9.78 Å². The van der Waals surface area contributed by atoms with Crippen molar-refractivity contribution in [2.24, 2.45) is 0 Å². The van der Waals surface area contributed by atoms with E-state index in [2.05, 4.69) is 22.2 Å². The highest BCUT2D eigenvalue weighted by molar-refractivity contribution is 7.13. The van der Waals surface area contributed by atoms with Crippen molar-refractivity contribution in [1.29, 1.82) is 0 Å². The fraction of sp³-hybridized carbons (Fsp3) is 0.357. The maximum Gasteiger partial charge on any atom is 0.273 e. The Kier molecular flexibility index (Phi) is 3.75. The molecule has 0 aliphatic carbocycles. The maximum atomic E-state index is 12.4. The van der Waals surface area contributed by atoms with Crippen LogP contribution in [0, 0.1) is 0 Å². The highest BCUT2D eigenvalue weighted by Crippen LogP contribution is 2.22. The van der Waals surface area contributed by atoms with Gasteiger partial charge < -0.3 is 10.2 Å². The van der Waals surface area contributed by atoms with Crippen molar-refractivity contribution >= 4 is 17.2 Å². The summed E-state index contributed by atoms with van der Waals surface area (Å²) in [6.07, 6.45) is 1.73. The van der Waals surface area contributed by atoms with Crippen molar-refractivity contribution in [1.82, 2.24) is 20.2 Å². The number of hydrogen-bond acceptors (Lipinski definition) is 5. The molecule has 0 spiro atoms. The molecule has 6 heteroatoms. The summed E-state index contributed by atoms with van der Waals surface area (Å²) in [6, 6.07) is 6.02. The van der Waals surface area contributed by atoms with Crippen LogP contribution in [0.1, 0.15) is 17.4 Å². The SMILES string of the molecule is C[C@H]1CN(C(=O)c2csc(-c3ccccn3)n2)CCN1. The number of piperazine rings is 1. The molecule has 2 aromatic heterocycles. The number of nitrogens with zero attached hydrogens (tertiary/aromatic N) is 3. The van der Waals surface area contributed by atoms with Gasteiger partial charge in [0.05, 0.1) is 5.69 Å². The van der Waals surface area contributed by atoms with Gasteiger partial charge in [-0.1, -0.05) is 6.07 Å². The fourth-order valence-electron chi connectivity index (χ4n) is 2.26. The van der Waals surface area contributed by atoms with Crippen molar-refractivity contribution in [3.8, 4) is 10.7 Å². The highest BCUT2D eigenvalue weighted by Gasteiger charge is 2.23. The molecule has 1 fully saturated rings. The van der Waals surface area contributed by atoms with Crippen LogP contribution in [0.2, 0.25) is 0 Å². The number of thiazole rings is 1. The van der Waals surface area contributed by atoms with Crippen molar-refractivity contribution in [2.45, 2.75) is 13.0 Å². The topological polar surface area (TPSA) is 58.1 Å². The summed E-state index contributed by atoms with van der Waals surface area (Å²) in [6.45, 7) is 4.39. The lowest BCUT2D eigenvalue weighted by atomic mass is 10.2. The second-order valence-electron chi connectivity index (χ2n) is 4.86. The van der Waals surface area contributed by atoms with Gasteiger partial charge in [-0.25, -0.2) is 4.98 Å². The molecule has 3 heterocycles. The fourth-order valence-corrected chi connectivity index (χ4v) is 3.03. The number of hydrogen-bond donors (Lipinski definition) is 1. The molecular formula is C14H16N4OS. The summed E-state index contributed by atoms with van der Waals surface area (Å²) < 4.78 is 0. The molecule has 1 saturated heterocycles. The minimum atomic E-state index is 0.0109. The molecule has 1 amide bonds. The summed E-state index contributed by atoms with van der Waals surface area (Å²) in [7, 11) is 0. The van der Waals surface area contributed by atoms with E-state index in [-0.39, 0.29) is 5.91 Å². The molecule has 5 nitrogen and oxygen atoms in total. The van der Waals surface area contributed by atoms with Gasteiger partial charge in [0.1, 0.15) is 10.7 Å². The van der Waals surface area contributed by atoms with Crippen LogP contribution in [0.25, 0.3) is 10.7 Å². The quantitative estimate of drug-likeness (QED) is 0.912. The molecule has 1 aliphatic heterocycles. The van der Waals surface area contributed by atoms with Crippen molar-refractivity contribution in [2.75, 3.05) is 19.6 Å². The molecule has 0 bridgehead atoms. The minimum Gasteiger partial charge on any atom is -0.334 e. The van der Waals surface area contributed by atoms with Gasteiger partial charge in [0.15, 0.2) is 0 Å². The normalized spacial score (nSPS) is 19.1. The number of amides is 1. The number of aromatic nitrogens is 2. The zero-order chi connectivity index (χ0) is 13.9. The van der Waals surface area contributed by atoms with E-state index in [9.17, 15) is 4.79 Å². The number of carbonyl (C=O) groups is 1. The van der Waals surface area contributed by atoms with Gasteiger partial charge in [0.2, 0.25) is 0 Å². The summed E-state index contributed by atoms with van der Waals surface area (Å²) in [5.41, 5.74) is 1.33. The van der Waals surface area contributed by atoms with E-state index < -0.39 is 0 Å². The molecule has 1 N–H and O–H groups in total. The third-order valence-electron chi connectivity index (χ3n) is 3.26. The largest absolute Gasteiger partial charge is 0.334 e. The summed E-state index contributed by atoms with van der Waals surface area (Å²) in [4.78, 5) is 23.0. The van der Waals surface area contributed by atoms with E-state index in [4.69, 9.17) is 0 Å². The van der Waals surface area contributed by atoms with Crippen LogP contribution in [-0.4, -0.2) is 46.5 Å². The van der Waals surface area contributed by atoms with Crippen LogP contribution in [0.4, 0.5) is 0 Å². The van der Waals surface area contributed by atoms with E-state index in [0.29, 0.717) is 11.7 Å². The van der Waals surface area contributed by atoms with Gasteiger partial charge in [-0.2, -0.15) is 0 Å². The standard InChI is InChI=1S/C14H16N4OS/c1-10-8-18(7-6-15-10)14(19)12-9-20-13(17-12)11-4-2-3-5-16-11/h2-5,9-10,15H,6-8H2,1H3/t10-/m0/s1. The first kappa shape index (κ1) is 13.2. The predicted octanol–water partition coefficient (Wildman–Crippen LogP) is 1.64. The molecule has 3 rings (SSSR count). The van der Waals surface area contributed by atoms with E-state index >= 15 is 0 Å². The van der Waals surface area contributed by atoms with Crippen LogP contribution in [0.15, 0.2) is 29.8 Å². The first-order chi connectivity index (χ1) is 9.74. The average Bonchev–Trinajstić information content (AvgIpc) is 2.97. The molecule has 104 valence electrons. The Bertz CT molecular complexity index is 598. The van der Waals surface area contributed by atoms with Gasteiger partial charge in [0, 0.05) is 37.3 Å². The Morgan fingerprint density at radius 3 is 3.15 bits per heavy atom. The lowest BCUT2D eigenvalue weighted by Gasteiger charge is -2.31. The van der Waals surface area contributed by atoms with Crippen molar-refractivity contribution < 1.29 is 4.79 Å². The van der Waals surface area contributed by atoms with Gasteiger partial charge >= 0.3 is 0 Å². The second kappa shape index (κ2) is 5.68. The molecule has 1 atom stereocenters. The van der Waals surface area contributed by atoms with Crippen molar-refractivity contribution in [3.63, 3.8) is 0 Å². The van der Waals surface area contributed by atoms with Gasteiger partial charge in [0.25, 0.3) is 5.91 Å². The average molecular weight is 288 g/mol. The summed E-state index contributed by atoms with van der Waals surface area (Å²) >= 11 is 1.46. The maximum absolute atomic E-state index is 12.4. The molecule has 0 radical (unpaired) electrons. The minimum absolute atomic E-state index is 0.0109. The molecule has 1 aliphatic rings. The first-order valence-electron chi connectivity index (χ1n) is 6.63. The van der Waals surface area contributed by atoms with E-state index in [1.54, 1.807) is 6.20 Å². The smallest absolute Gasteiger partial charge is 0.273 e. The number of rotatable bonds is 2. The van der Waals surface area contributed by atoms with E-state index in [1.807, 2.05) is 28.5 Å². The van der Waals surface area contributed by atoms with Crippen LogP contribution < -0.4 is 5.32 Å². The Morgan fingerprint density at radius 1 is 1.50 bits per heavy atom. The van der Waals surface area contributed by atoms with Gasteiger partial charge in [-0.15, -0.1) is 11.3 Å². The first-order valence-corrected chi connectivity index (χ1v) is 7.51.